The van der Waals surface area contributed by atoms with E-state index >= 15 is 0 Å². The van der Waals surface area contributed by atoms with Crippen molar-refractivity contribution in [1.29, 1.82) is 0 Å². The quantitative estimate of drug-likeness (QED) is 0.147. The van der Waals surface area contributed by atoms with Crippen LogP contribution in [0.5, 0.6) is 0 Å². The molecule has 8 bridgehead atoms. The van der Waals surface area contributed by atoms with Crippen molar-refractivity contribution in [1.82, 2.24) is 19.9 Å². The number of rotatable bonds is 4. The number of nitrogens with one attached hydrogen (secondary N) is 2. The average Bonchev–Trinajstić information content (AvgIpc) is 3.98. The summed E-state index contributed by atoms with van der Waals surface area (Å²) in [6, 6.07) is 36.0. The third kappa shape index (κ3) is 5.12. The Morgan fingerprint density at radius 3 is 0.940 bits per heavy atom. The van der Waals surface area contributed by atoms with Crippen molar-refractivity contribution in [2.45, 2.75) is 0 Å². The standard InChI is InChI=1S/C42H28N6O2/c49-47-23-19-29(20-24-47)41-35-15-13-33(44-35)39(27-7-3-1-4-8-27)31-11-12-32(43-31)40(28-9-5-2-6-10-28)34-14-16-36(45-34)42(38-18-17-37(41)46-38)30-21-25-48(50)26-22-30/h1-26,44-45H. The van der Waals surface area contributed by atoms with Crippen molar-refractivity contribution in [2.75, 3.05) is 0 Å². The molecule has 0 radical (unpaired) electrons. The second-order valence-corrected chi connectivity index (χ2v) is 12.1. The Kier molecular flexibility index (Phi) is 6.91. The van der Waals surface area contributed by atoms with Crippen LogP contribution in [0.1, 0.15) is 22.8 Å². The predicted molar refractivity (Wildman–Crippen MR) is 199 cm³/mol. The number of aromatic nitrogens is 6. The van der Waals surface area contributed by atoms with E-state index in [1.54, 1.807) is 24.3 Å². The van der Waals surface area contributed by atoms with E-state index in [9.17, 15) is 10.4 Å². The Hall–Kier alpha value is -7.06. The van der Waals surface area contributed by atoms with E-state index in [0.717, 1.165) is 98.8 Å². The Morgan fingerprint density at radius 1 is 0.360 bits per heavy atom. The number of hydrogen-bond acceptors (Lipinski definition) is 4. The molecule has 0 spiro atoms. The maximum absolute atomic E-state index is 12.1. The Labute approximate surface area is 286 Å². The minimum Gasteiger partial charge on any atom is -0.619 e. The molecular formula is C42H28N6O2. The molecule has 238 valence electrons. The normalized spacial score (nSPS) is 12.0. The van der Waals surface area contributed by atoms with Crippen LogP contribution < -0.4 is 9.46 Å². The SMILES string of the molecule is [O-][n+]1ccc(-c2c3nc(c(-c4cc[n+]([O-])cc4)c4ccc([nH]4)c(-c4ccccc4)c4nc(c(-c5ccccc5)c5ccc2[nH]5)C=C4)C=C3)cc1. The number of aromatic amines is 2. The molecule has 8 nitrogen and oxygen atoms in total. The second kappa shape index (κ2) is 11.9. The first-order valence-corrected chi connectivity index (χ1v) is 16.2. The van der Waals surface area contributed by atoms with E-state index in [1.807, 2.05) is 48.6 Å². The maximum Gasteiger partial charge on any atom is 0.180 e. The number of fused-ring (bicyclic) bond motifs is 8. The van der Waals surface area contributed by atoms with Gasteiger partial charge in [0, 0.05) is 68.6 Å². The van der Waals surface area contributed by atoms with E-state index in [4.69, 9.17) is 9.97 Å². The van der Waals surface area contributed by atoms with Crippen LogP contribution in [0.2, 0.25) is 0 Å². The van der Waals surface area contributed by atoms with Gasteiger partial charge in [-0.15, -0.1) is 0 Å². The van der Waals surface area contributed by atoms with Gasteiger partial charge in [0.15, 0.2) is 24.8 Å². The van der Waals surface area contributed by atoms with Crippen LogP contribution >= 0.6 is 0 Å². The van der Waals surface area contributed by atoms with Crippen LogP contribution in [-0.4, -0.2) is 19.9 Å². The number of nitrogens with zero attached hydrogens (tertiary/aromatic N) is 4. The topological polar surface area (TPSA) is 111 Å². The number of pyridine rings is 2. The van der Waals surface area contributed by atoms with Crippen molar-refractivity contribution in [3.8, 4) is 44.5 Å². The Balaban J connectivity index is 1.48. The zero-order chi connectivity index (χ0) is 33.6. The highest BCUT2D eigenvalue weighted by Gasteiger charge is 2.19. The van der Waals surface area contributed by atoms with Crippen LogP contribution in [0.25, 0.3) is 90.9 Å². The van der Waals surface area contributed by atoms with E-state index in [2.05, 4.69) is 70.7 Å². The molecule has 50 heavy (non-hydrogen) atoms. The summed E-state index contributed by atoms with van der Waals surface area (Å²) in [6.07, 6.45) is 14.1. The lowest BCUT2D eigenvalue weighted by atomic mass is 10.0. The monoisotopic (exact) mass is 648 g/mol. The average molecular weight is 649 g/mol. The molecule has 2 aliphatic rings. The summed E-state index contributed by atoms with van der Waals surface area (Å²) in [4.78, 5) is 17.9. The third-order valence-corrected chi connectivity index (χ3v) is 9.06. The van der Waals surface area contributed by atoms with Crippen molar-refractivity contribution in [2.24, 2.45) is 0 Å². The zero-order valence-corrected chi connectivity index (χ0v) is 26.6. The molecule has 0 saturated carbocycles. The van der Waals surface area contributed by atoms with Gasteiger partial charge in [-0.1, -0.05) is 60.7 Å². The zero-order valence-electron chi connectivity index (χ0n) is 26.6. The lowest BCUT2D eigenvalue weighted by molar-refractivity contribution is -0.605. The minimum absolute atomic E-state index is 0.731. The highest BCUT2D eigenvalue weighted by atomic mass is 16.5. The number of benzene rings is 2. The summed E-state index contributed by atoms with van der Waals surface area (Å²) < 4.78 is 1.55. The summed E-state index contributed by atoms with van der Waals surface area (Å²) in [7, 11) is 0. The van der Waals surface area contributed by atoms with Gasteiger partial charge in [0.05, 0.1) is 22.8 Å². The predicted octanol–water partition coefficient (Wildman–Crippen LogP) is 8.59. The van der Waals surface area contributed by atoms with Crippen LogP contribution in [0.15, 0.2) is 134 Å². The summed E-state index contributed by atoms with van der Waals surface area (Å²) in [5.74, 6) is 0. The van der Waals surface area contributed by atoms with Crippen LogP contribution in [0.4, 0.5) is 0 Å². The van der Waals surface area contributed by atoms with Gasteiger partial charge in [-0.25, -0.2) is 9.97 Å². The van der Waals surface area contributed by atoms with Gasteiger partial charge in [-0.05, 0) is 70.8 Å². The minimum atomic E-state index is 0.731. The fourth-order valence-corrected chi connectivity index (χ4v) is 6.79. The van der Waals surface area contributed by atoms with Crippen LogP contribution in [0.3, 0.4) is 0 Å². The van der Waals surface area contributed by atoms with E-state index in [0.29, 0.717) is 0 Å². The van der Waals surface area contributed by atoms with Crippen molar-refractivity contribution in [3.63, 3.8) is 0 Å². The second-order valence-electron chi connectivity index (χ2n) is 12.1. The molecule has 0 fully saturated rings. The molecule has 0 aliphatic carbocycles. The van der Waals surface area contributed by atoms with Crippen LogP contribution in [0, 0.1) is 10.4 Å². The number of hydrogen-bond donors (Lipinski definition) is 2. The molecule has 7 aromatic rings. The fourth-order valence-electron chi connectivity index (χ4n) is 6.79. The van der Waals surface area contributed by atoms with E-state index in [1.165, 1.54) is 24.8 Å². The lowest BCUT2D eigenvalue weighted by Gasteiger charge is -2.07. The van der Waals surface area contributed by atoms with Gasteiger partial charge < -0.3 is 20.4 Å². The molecule has 0 unspecified atom stereocenters. The molecule has 0 amide bonds. The summed E-state index contributed by atoms with van der Waals surface area (Å²) in [5, 5.41) is 24.2. The molecular weight excluding hydrogens is 621 g/mol. The Bertz CT molecular complexity index is 2460. The van der Waals surface area contributed by atoms with Gasteiger partial charge in [0.2, 0.25) is 0 Å². The van der Waals surface area contributed by atoms with Gasteiger partial charge in [-0.3, -0.25) is 0 Å². The molecule has 2 aromatic carbocycles. The van der Waals surface area contributed by atoms with Crippen LogP contribution in [-0.2, 0) is 0 Å². The molecule has 0 atom stereocenters. The first-order valence-electron chi connectivity index (χ1n) is 16.2. The van der Waals surface area contributed by atoms with Gasteiger partial charge in [-0.2, -0.15) is 9.46 Å². The van der Waals surface area contributed by atoms with Gasteiger partial charge >= 0.3 is 0 Å². The lowest BCUT2D eigenvalue weighted by Crippen LogP contribution is -2.23. The molecule has 2 aliphatic heterocycles. The summed E-state index contributed by atoms with van der Waals surface area (Å²) >= 11 is 0. The largest absolute Gasteiger partial charge is 0.619 e. The van der Waals surface area contributed by atoms with Gasteiger partial charge in [0.25, 0.3) is 0 Å². The molecule has 0 saturated heterocycles. The van der Waals surface area contributed by atoms with Crippen molar-refractivity contribution >= 4 is 46.4 Å². The molecule has 7 heterocycles. The number of H-pyrrole nitrogens is 2. The summed E-state index contributed by atoms with van der Waals surface area (Å²) in [5.41, 5.74) is 13.9. The van der Waals surface area contributed by atoms with E-state index in [-0.39, 0.29) is 0 Å². The first kappa shape index (κ1) is 29.1. The highest BCUT2D eigenvalue weighted by molar-refractivity contribution is 5.99. The van der Waals surface area contributed by atoms with Crippen molar-refractivity contribution in [3.05, 3.63) is 167 Å². The smallest absolute Gasteiger partial charge is 0.180 e. The van der Waals surface area contributed by atoms with E-state index < -0.39 is 0 Å². The van der Waals surface area contributed by atoms with Crippen molar-refractivity contribution < 1.29 is 9.46 Å². The molecule has 9 rings (SSSR count). The third-order valence-electron chi connectivity index (χ3n) is 9.06. The molecule has 5 aromatic heterocycles. The maximum atomic E-state index is 12.1. The fraction of sp³-hybridized carbons (Fsp3) is 0. The molecule has 2 N–H and O–H groups in total. The first-order chi connectivity index (χ1) is 24.6. The summed E-state index contributed by atoms with van der Waals surface area (Å²) in [6.45, 7) is 0. The highest BCUT2D eigenvalue weighted by Crippen LogP contribution is 2.38. The molecule has 8 heteroatoms. The Morgan fingerprint density at radius 2 is 0.640 bits per heavy atom. The van der Waals surface area contributed by atoms with Gasteiger partial charge in [0.1, 0.15) is 0 Å².